The Morgan fingerprint density at radius 1 is 1.07 bits per heavy atom. The van der Waals surface area contributed by atoms with Crippen molar-refractivity contribution in [2.45, 2.75) is 12.8 Å². The first kappa shape index (κ1) is 20.8. The number of hydrogen-bond acceptors (Lipinski definition) is 5. The maximum atomic E-state index is 12.5. The summed E-state index contributed by atoms with van der Waals surface area (Å²) in [6.07, 6.45) is -2.20. The zero-order valence-electron chi connectivity index (χ0n) is 15.4. The fourth-order valence-corrected chi connectivity index (χ4v) is 2.36. The first-order valence-corrected chi connectivity index (χ1v) is 8.69. The van der Waals surface area contributed by atoms with E-state index in [0.29, 0.717) is 5.75 Å². The van der Waals surface area contributed by atoms with Gasteiger partial charge in [-0.05, 0) is 59.7 Å². The lowest BCUT2D eigenvalue weighted by Crippen LogP contribution is -2.05. The Morgan fingerprint density at radius 2 is 1.77 bits per heavy atom. The molecule has 3 rings (SSSR count). The van der Waals surface area contributed by atoms with Gasteiger partial charge in [-0.3, -0.25) is 5.43 Å². The van der Waals surface area contributed by atoms with E-state index in [-0.39, 0.29) is 18.0 Å². The molecule has 1 heterocycles. The predicted octanol–water partition coefficient (Wildman–Crippen LogP) is 4.82. The van der Waals surface area contributed by atoms with Crippen molar-refractivity contribution in [2.24, 2.45) is 5.10 Å². The second-order valence-electron chi connectivity index (χ2n) is 6.16. The molecule has 0 aliphatic rings. The van der Waals surface area contributed by atoms with Gasteiger partial charge in [0.2, 0.25) is 0 Å². The third-order valence-corrected chi connectivity index (χ3v) is 3.97. The molecule has 1 aromatic heterocycles. The van der Waals surface area contributed by atoms with Gasteiger partial charge < -0.3 is 9.84 Å². The van der Waals surface area contributed by atoms with E-state index in [9.17, 15) is 18.0 Å². The fourth-order valence-electron chi connectivity index (χ4n) is 2.36. The number of carbonyl (C=O) groups is 1. The number of carboxylic acid groups (broad SMARTS) is 1. The number of pyridine rings is 1. The van der Waals surface area contributed by atoms with Crippen molar-refractivity contribution in [3.63, 3.8) is 0 Å². The molecule has 2 N–H and O–H groups in total. The minimum absolute atomic E-state index is 0.188. The van der Waals surface area contributed by atoms with Crippen LogP contribution in [0.15, 0.2) is 72.0 Å². The molecule has 30 heavy (non-hydrogen) atoms. The standard InChI is InChI=1S/C21H16F3N3O3/c22-21(23,24)17-7-10-19(25-12-17)27-26-11-14-3-8-18(9-4-14)30-13-15-1-5-16(6-2-15)20(28)29/h1-12H,13H2,(H,25,27)(H,28,29)/b26-11-. The summed E-state index contributed by atoms with van der Waals surface area (Å²) >= 11 is 0. The van der Waals surface area contributed by atoms with Gasteiger partial charge in [0, 0.05) is 6.20 Å². The number of alkyl halides is 3. The lowest BCUT2D eigenvalue weighted by atomic mass is 10.1. The molecule has 6 nitrogen and oxygen atoms in total. The molecule has 0 aliphatic carbocycles. The molecule has 0 spiro atoms. The summed E-state index contributed by atoms with van der Waals surface area (Å²) in [7, 11) is 0. The third kappa shape index (κ3) is 5.81. The van der Waals surface area contributed by atoms with Crippen molar-refractivity contribution in [3.8, 4) is 5.75 Å². The fraction of sp³-hybridized carbons (Fsp3) is 0.0952. The number of hydrazone groups is 1. The van der Waals surface area contributed by atoms with E-state index in [1.807, 2.05) is 0 Å². The number of aromatic nitrogens is 1. The maximum absolute atomic E-state index is 12.5. The highest BCUT2D eigenvalue weighted by atomic mass is 19.4. The van der Waals surface area contributed by atoms with Gasteiger partial charge in [-0.25, -0.2) is 9.78 Å². The zero-order valence-corrected chi connectivity index (χ0v) is 15.4. The Kier molecular flexibility index (Phi) is 6.31. The van der Waals surface area contributed by atoms with Gasteiger partial charge in [0.25, 0.3) is 0 Å². The summed E-state index contributed by atoms with van der Waals surface area (Å²) in [4.78, 5) is 14.5. The average Bonchev–Trinajstić information content (AvgIpc) is 2.73. The molecule has 0 amide bonds. The predicted molar refractivity (Wildman–Crippen MR) is 105 cm³/mol. The molecule has 154 valence electrons. The Hall–Kier alpha value is -3.88. The SMILES string of the molecule is O=C(O)c1ccc(COc2ccc(/C=N\Nc3ccc(C(F)(F)F)cn3)cc2)cc1. The Labute approximate surface area is 169 Å². The molecule has 0 bridgehead atoms. The summed E-state index contributed by atoms with van der Waals surface area (Å²) in [5, 5.41) is 12.8. The van der Waals surface area contributed by atoms with Crippen molar-refractivity contribution in [2.75, 3.05) is 5.43 Å². The number of nitrogens with one attached hydrogen (secondary N) is 1. The van der Waals surface area contributed by atoms with Gasteiger partial charge in [0.1, 0.15) is 18.2 Å². The van der Waals surface area contributed by atoms with Crippen LogP contribution >= 0.6 is 0 Å². The van der Waals surface area contributed by atoms with E-state index in [2.05, 4.69) is 15.5 Å². The second-order valence-corrected chi connectivity index (χ2v) is 6.16. The molecular weight excluding hydrogens is 399 g/mol. The molecule has 0 saturated carbocycles. The monoisotopic (exact) mass is 415 g/mol. The Bertz CT molecular complexity index is 1020. The normalized spacial score (nSPS) is 11.4. The number of hydrogen-bond donors (Lipinski definition) is 2. The van der Waals surface area contributed by atoms with Crippen LogP contribution in [0.4, 0.5) is 19.0 Å². The summed E-state index contributed by atoms with van der Waals surface area (Å²) in [6, 6.07) is 15.5. The minimum atomic E-state index is -4.43. The number of benzene rings is 2. The van der Waals surface area contributed by atoms with E-state index in [0.717, 1.165) is 23.4 Å². The largest absolute Gasteiger partial charge is 0.489 e. The van der Waals surface area contributed by atoms with Crippen LogP contribution in [0.5, 0.6) is 5.75 Å². The van der Waals surface area contributed by atoms with Crippen molar-refractivity contribution in [1.82, 2.24) is 4.98 Å². The van der Waals surface area contributed by atoms with Crippen LogP contribution in [-0.4, -0.2) is 22.3 Å². The van der Waals surface area contributed by atoms with Crippen LogP contribution in [0.2, 0.25) is 0 Å². The molecule has 2 aromatic carbocycles. The van der Waals surface area contributed by atoms with Crippen LogP contribution < -0.4 is 10.2 Å². The van der Waals surface area contributed by atoms with E-state index < -0.39 is 17.7 Å². The summed E-state index contributed by atoms with van der Waals surface area (Å²) in [6.45, 7) is 0.286. The van der Waals surface area contributed by atoms with E-state index in [4.69, 9.17) is 9.84 Å². The average molecular weight is 415 g/mol. The highest BCUT2D eigenvalue weighted by Gasteiger charge is 2.30. The number of carboxylic acids is 1. The van der Waals surface area contributed by atoms with Gasteiger partial charge in [-0.1, -0.05) is 12.1 Å². The lowest BCUT2D eigenvalue weighted by molar-refractivity contribution is -0.137. The first-order chi connectivity index (χ1) is 14.3. The highest BCUT2D eigenvalue weighted by molar-refractivity contribution is 5.87. The van der Waals surface area contributed by atoms with Crippen molar-refractivity contribution in [3.05, 3.63) is 89.1 Å². The summed E-state index contributed by atoms with van der Waals surface area (Å²) < 4.78 is 43.2. The van der Waals surface area contributed by atoms with Crippen LogP contribution in [0.25, 0.3) is 0 Å². The minimum Gasteiger partial charge on any atom is -0.489 e. The molecule has 0 unspecified atom stereocenters. The third-order valence-electron chi connectivity index (χ3n) is 3.97. The van der Waals surface area contributed by atoms with E-state index in [1.165, 1.54) is 24.4 Å². The van der Waals surface area contributed by atoms with Crippen LogP contribution in [0, 0.1) is 0 Å². The van der Waals surface area contributed by atoms with Gasteiger partial charge >= 0.3 is 12.1 Å². The molecule has 0 fully saturated rings. The smallest absolute Gasteiger partial charge is 0.417 e. The van der Waals surface area contributed by atoms with E-state index >= 15 is 0 Å². The molecule has 0 aliphatic heterocycles. The van der Waals surface area contributed by atoms with Crippen molar-refractivity contribution in [1.29, 1.82) is 0 Å². The second kappa shape index (κ2) is 9.08. The van der Waals surface area contributed by atoms with Gasteiger partial charge in [0.15, 0.2) is 0 Å². The first-order valence-electron chi connectivity index (χ1n) is 8.69. The van der Waals surface area contributed by atoms with Gasteiger partial charge in [-0.15, -0.1) is 0 Å². The lowest BCUT2D eigenvalue weighted by Gasteiger charge is -2.07. The number of anilines is 1. The maximum Gasteiger partial charge on any atom is 0.417 e. The molecular formula is C21H16F3N3O3. The molecule has 0 saturated heterocycles. The van der Waals surface area contributed by atoms with Gasteiger partial charge in [-0.2, -0.15) is 18.3 Å². The highest BCUT2D eigenvalue weighted by Crippen LogP contribution is 2.28. The quantitative estimate of drug-likeness (QED) is 0.427. The van der Waals surface area contributed by atoms with Crippen molar-refractivity contribution < 1.29 is 27.8 Å². The topological polar surface area (TPSA) is 83.8 Å². The number of nitrogens with zero attached hydrogens (tertiary/aromatic N) is 2. The number of ether oxygens (including phenoxy) is 1. The Morgan fingerprint density at radius 3 is 2.33 bits per heavy atom. The Balaban J connectivity index is 1.51. The van der Waals surface area contributed by atoms with E-state index in [1.54, 1.807) is 36.4 Å². The van der Waals surface area contributed by atoms with Crippen LogP contribution in [0.1, 0.15) is 27.0 Å². The van der Waals surface area contributed by atoms with Crippen molar-refractivity contribution >= 4 is 18.0 Å². The summed E-state index contributed by atoms with van der Waals surface area (Å²) in [5.41, 5.74) is 3.52. The summed E-state index contributed by atoms with van der Waals surface area (Å²) in [5.74, 6) is -0.178. The van der Waals surface area contributed by atoms with Gasteiger partial charge in [0.05, 0.1) is 17.3 Å². The van der Waals surface area contributed by atoms with Crippen LogP contribution in [-0.2, 0) is 12.8 Å². The van der Waals surface area contributed by atoms with Crippen LogP contribution in [0.3, 0.4) is 0 Å². The molecule has 9 heteroatoms. The molecule has 0 radical (unpaired) electrons. The number of halogens is 3. The molecule has 0 atom stereocenters. The molecule has 3 aromatic rings. The zero-order chi connectivity index (χ0) is 21.6. The number of aromatic carboxylic acids is 1. The number of rotatable bonds is 7.